The number of aliphatic hydroxyl groups excluding tert-OH is 1. The molecule has 2 aliphatic rings. The van der Waals surface area contributed by atoms with Gasteiger partial charge >= 0.3 is 6.03 Å². The number of aliphatic hydroxyl groups is 1. The fourth-order valence-corrected chi connectivity index (χ4v) is 4.33. The van der Waals surface area contributed by atoms with Gasteiger partial charge < -0.3 is 30.1 Å². The monoisotopic (exact) mass is 439 g/mol. The molecule has 2 heterocycles. The molecule has 3 N–H and O–H groups in total. The zero-order chi connectivity index (χ0) is 22.3. The molecule has 3 amide bonds. The summed E-state index contributed by atoms with van der Waals surface area (Å²) in [7, 11) is 0. The van der Waals surface area contributed by atoms with Crippen LogP contribution in [-0.2, 0) is 20.8 Å². The second kappa shape index (κ2) is 10.6. The van der Waals surface area contributed by atoms with Gasteiger partial charge in [-0.1, -0.05) is 42.5 Å². The van der Waals surface area contributed by atoms with Crippen molar-refractivity contribution in [3.63, 3.8) is 0 Å². The lowest BCUT2D eigenvalue weighted by molar-refractivity contribution is -0.168. The summed E-state index contributed by atoms with van der Waals surface area (Å²) in [5.41, 5.74) is 2.52. The summed E-state index contributed by atoms with van der Waals surface area (Å²) in [6.07, 6.45) is 1.09. The quantitative estimate of drug-likeness (QED) is 0.642. The Bertz CT molecular complexity index is 900. The zero-order valence-corrected chi connectivity index (χ0v) is 17.9. The standard InChI is InChI=1S/C24H29N3O5/c28-15-21-23(32-16-22(29)27(21)20-10-12-31-13-11-20)18-6-8-19(9-7-18)26-24(30)25-14-17-4-2-1-3-5-17/h1-9,20-21,23,28H,10-16H2,(H2,25,26,30). The highest BCUT2D eigenvalue weighted by molar-refractivity contribution is 5.89. The number of nitrogens with one attached hydrogen (secondary N) is 2. The summed E-state index contributed by atoms with van der Waals surface area (Å²) < 4.78 is 11.2. The summed E-state index contributed by atoms with van der Waals surface area (Å²) in [6.45, 7) is 1.47. The number of hydrogen-bond acceptors (Lipinski definition) is 5. The number of anilines is 1. The lowest BCUT2D eigenvalue weighted by atomic mass is 9.95. The van der Waals surface area contributed by atoms with Crippen LogP contribution in [0.25, 0.3) is 0 Å². The van der Waals surface area contributed by atoms with E-state index in [1.807, 2.05) is 42.5 Å². The molecule has 8 nitrogen and oxygen atoms in total. The van der Waals surface area contributed by atoms with E-state index in [0.29, 0.717) is 25.4 Å². The van der Waals surface area contributed by atoms with Gasteiger partial charge in [-0.3, -0.25) is 4.79 Å². The molecule has 0 radical (unpaired) electrons. The van der Waals surface area contributed by atoms with Crippen molar-refractivity contribution in [3.05, 3.63) is 65.7 Å². The average Bonchev–Trinajstić information content (AvgIpc) is 2.84. The van der Waals surface area contributed by atoms with Crippen LogP contribution in [-0.4, -0.2) is 60.5 Å². The lowest BCUT2D eigenvalue weighted by Crippen LogP contribution is -2.57. The SMILES string of the molecule is O=C(NCc1ccccc1)Nc1ccc(C2OCC(=O)N(C3CCOCC3)C2CO)cc1. The third kappa shape index (κ3) is 5.27. The summed E-state index contributed by atoms with van der Waals surface area (Å²) in [5.74, 6) is -0.0967. The van der Waals surface area contributed by atoms with E-state index in [0.717, 1.165) is 24.0 Å². The van der Waals surface area contributed by atoms with Crippen LogP contribution in [0, 0.1) is 0 Å². The van der Waals surface area contributed by atoms with E-state index in [-0.39, 0.29) is 31.2 Å². The first-order valence-corrected chi connectivity index (χ1v) is 11.0. The molecule has 0 spiro atoms. The zero-order valence-electron chi connectivity index (χ0n) is 17.9. The van der Waals surface area contributed by atoms with Gasteiger partial charge in [0.1, 0.15) is 12.7 Å². The van der Waals surface area contributed by atoms with Crippen molar-refractivity contribution in [2.75, 3.05) is 31.7 Å². The Morgan fingerprint density at radius 3 is 2.47 bits per heavy atom. The van der Waals surface area contributed by atoms with Gasteiger partial charge in [0.05, 0.1) is 12.6 Å². The molecular formula is C24H29N3O5. The highest BCUT2D eigenvalue weighted by Crippen LogP contribution is 2.33. The van der Waals surface area contributed by atoms with Crippen molar-refractivity contribution in [3.8, 4) is 0 Å². The second-order valence-electron chi connectivity index (χ2n) is 8.04. The Morgan fingerprint density at radius 1 is 1.06 bits per heavy atom. The highest BCUT2D eigenvalue weighted by atomic mass is 16.5. The molecule has 4 rings (SSSR count). The Labute approximate surface area is 187 Å². The fourth-order valence-electron chi connectivity index (χ4n) is 4.33. The largest absolute Gasteiger partial charge is 0.394 e. The van der Waals surface area contributed by atoms with Crippen LogP contribution >= 0.6 is 0 Å². The van der Waals surface area contributed by atoms with Crippen LogP contribution in [0.5, 0.6) is 0 Å². The number of rotatable bonds is 6. The molecular weight excluding hydrogens is 410 g/mol. The van der Waals surface area contributed by atoms with Gasteiger partial charge in [0, 0.05) is 31.5 Å². The molecule has 2 aliphatic heterocycles. The Kier molecular flexibility index (Phi) is 7.36. The summed E-state index contributed by atoms with van der Waals surface area (Å²) in [5, 5.41) is 15.7. The van der Waals surface area contributed by atoms with Crippen LogP contribution in [0.15, 0.2) is 54.6 Å². The molecule has 32 heavy (non-hydrogen) atoms. The van der Waals surface area contributed by atoms with Crippen molar-refractivity contribution >= 4 is 17.6 Å². The van der Waals surface area contributed by atoms with Gasteiger partial charge in [-0.15, -0.1) is 0 Å². The van der Waals surface area contributed by atoms with E-state index >= 15 is 0 Å². The van der Waals surface area contributed by atoms with E-state index in [1.165, 1.54) is 0 Å². The molecule has 170 valence electrons. The number of carbonyl (C=O) groups excluding carboxylic acids is 2. The molecule has 2 fully saturated rings. The van der Waals surface area contributed by atoms with Gasteiger partial charge in [-0.25, -0.2) is 4.79 Å². The lowest BCUT2D eigenvalue weighted by Gasteiger charge is -2.45. The maximum atomic E-state index is 12.6. The van der Waals surface area contributed by atoms with E-state index in [2.05, 4.69) is 10.6 Å². The first-order valence-electron chi connectivity index (χ1n) is 11.0. The molecule has 0 aliphatic carbocycles. The van der Waals surface area contributed by atoms with Gasteiger partial charge in [-0.2, -0.15) is 0 Å². The second-order valence-corrected chi connectivity index (χ2v) is 8.04. The van der Waals surface area contributed by atoms with Crippen molar-refractivity contribution in [2.45, 2.75) is 37.6 Å². The summed E-state index contributed by atoms with van der Waals surface area (Å²) in [6, 6.07) is 16.3. The third-order valence-electron chi connectivity index (χ3n) is 5.95. The fraction of sp³-hybridized carbons (Fsp3) is 0.417. The Morgan fingerprint density at radius 2 is 1.78 bits per heavy atom. The predicted octanol–water partition coefficient (Wildman–Crippen LogP) is 2.45. The Hall–Kier alpha value is -2.94. The van der Waals surface area contributed by atoms with Crippen LogP contribution in [0.1, 0.15) is 30.1 Å². The van der Waals surface area contributed by atoms with E-state index in [1.54, 1.807) is 17.0 Å². The number of benzene rings is 2. The van der Waals surface area contributed by atoms with Crippen LogP contribution in [0.4, 0.5) is 10.5 Å². The van der Waals surface area contributed by atoms with Crippen molar-refractivity contribution in [1.82, 2.24) is 10.2 Å². The molecule has 0 saturated carbocycles. The molecule has 0 aromatic heterocycles. The van der Waals surface area contributed by atoms with E-state index in [4.69, 9.17) is 9.47 Å². The van der Waals surface area contributed by atoms with E-state index in [9.17, 15) is 14.7 Å². The highest BCUT2D eigenvalue weighted by Gasteiger charge is 2.41. The van der Waals surface area contributed by atoms with Gasteiger partial charge in [-0.05, 0) is 36.1 Å². The maximum absolute atomic E-state index is 12.6. The van der Waals surface area contributed by atoms with Gasteiger partial charge in [0.2, 0.25) is 5.91 Å². The van der Waals surface area contributed by atoms with Crippen LogP contribution in [0.2, 0.25) is 0 Å². The smallest absolute Gasteiger partial charge is 0.319 e. The van der Waals surface area contributed by atoms with Crippen LogP contribution in [0.3, 0.4) is 0 Å². The summed E-state index contributed by atoms with van der Waals surface area (Å²) >= 11 is 0. The van der Waals surface area contributed by atoms with E-state index < -0.39 is 12.1 Å². The van der Waals surface area contributed by atoms with Crippen molar-refractivity contribution in [1.29, 1.82) is 0 Å². The van der Waals surface area contributed by atoms with Crippen molar-refractivity contribution in [2.24, 2.45) is 0 Å². The van der Waals surface area contributed by atoms with Crippen molar-refractivity contribution < 1.29 is 24.2 Å². The number of carbonyl (C=O) groups is 2. The topological polar surface area (TPSA) is 100 Å². The number of morpholine rings is 1. The number of nitrogens with zero attached hydrogens (tertiary/aromatic N) is 1. The molecule has 8 heteroatoms. The first kappa shape index (κ1) is 22.3. The maximum Gasteiger partial charge on any atom is 0.319 e. The number of amides is 3. The minimum absolute atomic E-state index is 0.0135. The third-order valence-corrected chi connectivity index (χ3v) is 5.95. The van der Waals surface area contributed by atoms with Gasteiger partial charge in [0.25, 0.3) is 0 Å². The molecule has 2 unspecified atom stereocenters. The molecule has 2 saturated heterocycles. The molecule has 0 bridgehead atoms. The Balaban J connectivity index is 1.38. The molecule has 2 aromatic carbocycles. The number of urea groups is 1. The normalized spacial score (nSPS) is 21.9. The molecule has 2 aromatic rings. The minimum atomic E-state index is -0.452. The average molecular weight is 440 g/mol. The van der Waals surface area contributed by atoms with Crippen LogP contribution < -0.4 is 10.6 Å². The number of ether oxygens (including phenoxy) is 2. The molecule has 2 atom stereocenters. The predicted molar refractivity (Wildman–Crippen MR) is 119 cm³/mol. The number of hydrogen-bond donors (Lipinski definition) is 3. The first-order chi connectivity index (χ1) is 15.7. The van der Waals surface area contributed by atoms with Gasteiger partial charge in [0.15, 0.2) is 0 Å². The summed E-state index contributed by atoms with van der Waals surface area (Å²) in [4.78, 5) is 26.6. The minimum Gasteiger partial charge on any atom is -0.394 e.